The van der Waals surface area contributed by atoms with E-state index in [9.17, 15) is 4.79 Å². The molecule has 0 fully saturated rings. The molecule has 0 atom stereocenters. The van der Waals surface area contributed by atoms with Crippen molar-refractivity contribution in [3.05, 3.63) is 90.6 Å². The van der Waals surface area contributed by atoms with Crippen molar-refractivity contribution in [1.29, 1.82) is 0 Å². The minimum atomic E-state index is -0.173. The molecular weight excluding hydrogens is 324 g/mol. The number of nitrogens with one attached hydrogen (secondary N) is 1. The third kappa shape index (κ3) is 3.05. The van der Waals surface area contributed by atoms with Crippen molar-refractivity contribution in [2.75, 3.05) is 5.32 Å². The van der Waals surface area contributed by atoms with Gasteiger partial charge in [-0.3, -0.25) is 4.79 Å². The van der Waals surface area contributed by atoms with Gasteiger partial charge in [0.15, 0.2) is 5.75 Å². The molecule has 1 N–H and O–H groups in total. The molecule has 1 amide bonds. The van der Waals surface area contributed by atoms with E-state index < -0.39 is 0 Å². The molecule has 0 aliphatic heterocycles. The van der Waals surface area contributed by atoms with E-state index >= 15 is 0 Å². The zero-order valence-electron chi connectivity index (χ0n) is 14.3. The van der Waals surface area contributed by atoms with Crippen molar-refractivity contribution < 1.29 is 9.53 Å². The lowest BCUT2D eigenvalue weighted by atomic mass is 10.2. The maximum Gasteiger partial charge on any atom is 0.272 e. The molecule has 26 heavy (non-hydrogen) atoms. The van der Waals surface area contributed by atoms with Crippen LogP contribution in [0.2, 0.25) is 0 Å². The highest BCUT2D eigenvalue weighted by Gasteiger charge is 2.15. The predicted molar refractivity (Wildman–Crippen MR) is 104 cm³/mol. The van der Waals surface area contributed by atoms with Gasteiger partial charge in [0.25, 0.3) is 5.91 Å². The number of hydrogen-bond donors (Lipinski definition) is 1. The van der Waals surface area contributed by atoms with Crippen LogP contribution in [0.15, 0.2) is 84.9 Å². The zero-order valence-corrected chi connectivity index (χ0v) is 14.3. The predicted octanol–water partition coefficient (Wildman–Crippen LogP) is 5.22. The first-order valence-corrected chi connectivity index (χ1v) is 8.40. The van der Waals surface area contributed by atoms with Gasteiger partial charge in [-0.15, -0.1) is 0 Å². The van der Waals surface area contributed by atoms with E-state index in [4.69, 9.17) is 4.74 Å². The van der Waals surface area contributed by atoms with E-state index in [1.807, 2.05) is 96.5 Å². The second kappa shape index (κ2) is 6.76. The number of aryl methyl sites for hydroxylation is 1. The van der Waals surface area contributed by atoms with Crippen LogP contribution in [-0.2, 0) is 7.05 Å². The Labute approximate surface area is 151 Å². The topological polar surface area (TPSA) is 43.3 Å². The van der Waals surface area contributed by atoms with Crippen molar-refractivity contribution in [3.8, 4) is 11.5 Å². The minimum Gasteiger partial charge on any atom is -0.455 e. The molecule has 0 aliphatic rings. The van der Waals surface area contributed by atoms with Crippen LogP contribution in [0.5, 0.6) is 11.5 Å². The van der Waals surface area contributed by atoms with Gasteiger partial charge in [-0.05, 0) is 36.4 Å². The van der Waals surface area contributed by atoms with E-state index in [-0.39, 0.29) is 5.91 Å². The van der Waals surface area contributed by atoms with Crippen LogP contribution in [0, 0.1) is 0 Å². The number of ether oxygens (including phenoxy) is 1. The first-order valence-electron chi connectivity index (χ1n) is 8.40. The number of fused-ring (bicyclic) bond motifs is 1. The molecule has 3 aromatic carbocycles. The average molecular weight is 342 g/mol. The number of hydrogen-bond acceptors (Lipinski definition) is 2. The van der Waals surface area contributed by atoms with Gasteiger partial charge in [0.1, 0.15) is 11.4 Å². The molecule has 0 aliphatic carbocycles. The third-order valence-corrected chi connectivity index (χ3v) is 4.29. The van der Waals surface area contributed by atoms with Gasteiger partial charge in [-0.2, -0.15) is 0 Å². The highest BCUT2D eigenvalue weighted by atomic mass is 16.5. The summed E-state index contributed by atoms with van der Waals surface area (Å²) in [7, 11) is 1.89. The number of rotatable bonds is 4. The van der Waals surface area contributed by atoms with Crippen LogP contribution in [0.3, 0.4) is 0 Å². The molecule has 4 aromatic rings. The SMILES string of the molecule is Cn1c(C(=O)Nc2ccccc2Oc2ccccc2)cc2ccccc21. The van der Waals surface area contributed by atoms with Crippen LogP contribution in [-0.4, -0.2) is 10.5 Å². The maximum atomic E-state index is 12.8. The van der Waals surface area contributed by atoms with Gasteiger partial charge in [-0.1, -0.05) is 48.5 Å². The van der Waals surface area contributed by atoms with Crippen LogP contribution in [0.25, 0.3) is 10.9 Å². The van der Waals surface area contributed by atoms with Gasteiger partial charge in [0.2, 0.25) is 0 Å². The smallest absolute Gasteiger partial charge is 0.272 e. The highest BCUT2D eigenvalue weighted by Crippen LogP contribution is 2.30. The molecule has 0 unspecified atom stereocenters. The first-order chi connectivity index (χ1) is 12.7. The number of aromatic nitrogens is 1. The van der Waals surface area contributed by atoms with E-state index in [2.05, 4.69) is 5.32 Å². The van der Waals surface area contributed by atoms with E-state index in [1.54, 1.807) is 0 Å². The Morgan fingerprint density at radius 3 is 2.38 bits per heavy atom. The first kappa shape index (κ1) is 16.0. The summed E-state index contributed by atoms with van der Waals surface area (Å²) in [5.74, 6) is 1.15. The summed E-state index contributed by atoms with van der Waals surface area (Å²) in [6.45, 7) is 0. The summed E-state index contributed by atoms with van der Waals surface area (Å²) >= 11 is 0. The molecule has 0 radical (unpaired) electrons. The van der Waals surface area contributed by atoms with Gasteiger partial charge >= 0.3 is 0 Å². The number of carbonyl (C=O) groups is 1. The second-order valence-electron chi connectivity index (χ2n) is 6.01. The molecule has 128 valence electrons. The third-order valence-electron chi connectivity index (χ3n) is 4.29. The summed E-state index contributed by atoms with van der Waals surface area (Å²) in [6, 6.07) is 26.7. The number of para-hydroxylation sites is 4. The van der Waals surface area contributed by atoms with Crippen molar-refractivity contribution in [2.45, 2.75) is 0 Å². The van der Waals surface area contributed by atoms with Crippen LogP contribution in [0.4, 0.5) is 5.69 Å². The molecule has 4 heteroatoms. The quantitative estimate of drug-likeness (QED) is 0.552. The van der Waals surface area contributed by atoms with Gasteiger partial charge in [0, 0.05) is 18.0 Å². The maximum absolute atomic E-state index is 12.8. The van der Waals surface area contributed by atoms with Crippen molar-refractivity contribution in [2.24, 2.45) is 7.05 Å². The van der Waals surface area contributed by atoms with E-state index in [0.29, 0.717) is 17.1 Å². The molecular formula is C22H18N2O2. The highest BCUT2D eigenvalue weighted by molar-refractivity contribution is 6.07. The summed E-state index contributed by atoms with van der Waals surface area (Å²) < 4.78 is 7.81. The molecule has 0 saturated heterocycles. The molecule has 4 rings (SSSR count). The number of amides is 1. The fourth-order valence-corrected chi connectivity index (χ4v) is 2.97. The summed E-state index contributed by atoms with van der Waals surface area (Å²) in [4.78, 5) is 12.8. The number of anilines is 1. The van der Waals surface area contributed by atoms with E-state index in [0.717, 1.165) is 16.7 Å². The zero-order chi connectivity index (χ0) is 17.9. The Balaban J connectivity index is 1.62. The molecule has 4 nitrogen and oxygen atoms in total. The molecule has 1 aromatic heterocycles. The summed E-state index contributed by atoms with van der Waals surface area (Å²) in [5, 5.41) is 4.00. The Morgan fingerprint density at radius 1 is 0.885 bits per heavy atom. The van der Waals surface area contributed by atoms with Gasteiger partial charge in [0.05, 0.1) is 5.69 Å². The molecule has 0 saturated carbocycles. The number of carbonyl (C=O) groups excluding carboxylic acids is 1. The Kier molecular flexibility index (Phi) is 4.15. The monoisotopic (exact) mass is 342 g/mol. The van der Waals surface area contributed by atoms with Crippen molar-refractivity contribution >= 4 is 22.5 Å². The molecule has 1 heterocycles. The van der Waals surface area contributed by atoms with Gasteiger partial charge in [-0.25, -0.2) is 0 Å². The largest absolute Gasteiger partial charge is 0.455 e. The van der Waals surface area contributed by atoms with E-state index in [1.165, 1.54) is 0 Å². The van der Waals surface area contributed by atoms with Crippen LogP contribution < -0.4 is 10.1 Å². The summed E-state index contributed by atoms with van der Waals surface area (Å²) in [5.41, 5.74) is 2.25. The van der Waals surface area contributed by atoms with Gasteiger partial charge < -0.3 is 14.6 Å². The number of benzene rings is 3. The van der Waals surface area contributed by atoms with Crippen LogP contribution >= 0.6 is 0 Å². The van der Waals surface area contributed by atoms with Crippen LogP contribution in [0.1, 0.15) is 10.5 Å². The minimum absolute atomic E-state index is 0.173. The fraction of sp³-hybridized carbons (Fsp3) is 0.0455. The lowest BCUT2D eigenvalue weighted by Crippen LogP contribution is -2.15. The fourth-order valence-electron chi connectivity index (χ4n) is 2.97. The number of nitrogens with zero attached hydrogens (tertiary/aromatic N) is 1. The lowest BCUT2D eigenvalue weighted by molar-refractivity contribution is 0.101. The lowest BCUT2D eigenvalue weighted by Gasteiger charge is -2.12. The average Bonchev–Trinajstić information content (AvgIpc) is 3.01. The molecule has 0 bridgehead atoms. The van der Waals surface area contributed by atoms with Crippen molar-refractivity contribution in [1.82, 2.24) is 4.57 Å². The van der Waals surface area contributed by atoms with Crippen molar-refractivity contribution in [3.63, 3.8) is 0 Å². The normalized spacial score (nSPS) is 10.7. The Morgan fingerprint density at radius 2 is 1.58 bits per heavy atom. The summed E-state index contributed by atoms with van der Waals surface area (Å²) in [6.07, 6.45) is 0. The molecule has 0 spiro atoms. The Bertz CT molecular complexity index is 1070. The Hall–Kier alpha value is -3.53. The second-order valence-corrected chi connectivity index (χ2v) is 6.01. The standard InChI is InChI=1S/C22H18N2O2/c1-24-19-13-7-5-9-16(19)15-20(24)22(25)23-18-12-6-8-14-21(18)26-17-10-3-2-4-11-17/h2-15H,1H3,(H,23,25).